The standard InChI is InChI=1S/C28H31F5N6O3S/c1-14-10-38(6-5-37(14)4)21-8-19(29)23(20-13-43-27(35-20)39-11-15(2)42-16(3)12-39)24(30)25(21)36-26(41)17-9-34-22(40)7-18(17)28(31,32)33/h7-9,13-16H,5-6,10-12H2,1-4H3,(H,34,40)(H,36,41)/t14-,15-,16+/m0/s1. The van der Waals surface area contributed by atoms with Crippen LogP contribution in [-0.2, 0) is 10.9 Å². The van der Waals surface area contributed by atoms with Crippen molar-refractivity contribution in [3.8, 4) is 11.3 Å². The first kappa shape index (κ1) is 30.9. The number of morpholine rings is 1. The molecule has 3 aromatic rings. The van der Waals surface area contributed by atoms with Gasteiger partial charge in [-0.2, -0.15) is 13.2 Å². The SMILES string of the molecule is C[C@@H]1CN(c2nc(-c3c(F)cc(N4CCN(C)[C@@H](C)C4)c(NC(=O)c4c[nH]c(=O)cc4C(F)(F)F)c3F)cs2)C[C@H](C)O1. The molecule has 0 radical (unpaired) electrons. The Balaban J connectivity index is 1.58. The van der Waals surface area contributed by atoms with Crippen molar-refractivity contribution in [3.05, 3.63) is 56.8 Å². The number of piperazine rings is 1. The maximum atomic E-state index is 16.4. The van der Waals surface area contributed by atoms with Gasteiger partial charge in [0.2, 0.25) is 5.56 Å². The van der Waals surface area contributed by atoms with E-state index in [1.165, 1.54) is 16.7 Å². The predicted molar refractivity (Wildman–Crippen MR) is 154 cm³/mol. The fraction of sp³-hybridized carbons (Fsp3) is 0.464. The molecule has 0 unspecified atom stereocenters. The summed E-state index contributed by atoms with van der Waals surface area (Å²) in [7, 11) is 1.90. The van der Waals surface area contributed by atoms with E-state index in [4.69, 9.17) is 4.74 Å². The average molecular weight is 627 g/mol. The maximum Gasteiger partial charge on any atom is 0.417 e. The smallest absolute Gasteiger partial charge is 0.372 e. The number of hydrogen-bond acceptors (Lipinski definition) is 8. The van der Waals surface area contributed by atoms with Crippen LogP contribution in [0, 0.1) is 11.6 Å². The number of ether oxygens (including phenoxy) is 1. The number of aromatic amines is 1. The van der Waals surface area contributed by atoms with Crippen LogP contribution >= 0.6 is 11.3 Å². The number of pyridine rings is 1. The van der Waals surface area contributed by atoms with Crippen molar-refractivity contribution in [2.24, 2.45) is 0 Å². The molecule has 0 saturated carbocycles. The number of amides is 1. The summed E-state index contributed by atoms with van der Waals surface area (Å²) < 4.78 is 79.1. The van der Waals surface area contributed by atoms with E-state index in [1.54, 1.807) is 4.90 Å². The molecule has 5 rings (SSSR count). The molecule has 3 atom stereocenters. The molecular weight excluding hydrogens is 595 g/mol. The number of nitrogens with zero attached hydrogens (tertiary/aromatic N) is 4. The summed E-state index contributed by atoms with van der Waals surface area (Å²) in [5, 5.41) is 4.28. The van der Waals surface area contributed by atoms with E-state index in [1.807, 2.05) is 32.7 Å². The Morgan fingerprint density at radius 1 is 1.09 bits per heavy atom. The molecule has 1 amide bonds. The lowest BCUT2D eigenvalue weighted by atomic mass is 10.0. The number of thiazole rings is 1. The number of alkyl halides is 3. The first-order chi connectivity index (χ1) is 20.2. The Hall–Kier alpha value is -3.56. The topological polar surface area (TPSA) is 93.8 Å². The molecule has 9 nitrogen and oxygen atoms in total. The molecule has 2 fully saturated rings. The molecule has 2 aromatic heterocycles. The van der Waals surface area contributed by atoms with Gasteiger partial charge in [-0.3, -0.25) is 9.59 Å². The summed E-state index contributed by atoms with van der Waals surface area (Å²) in [6.07, 6.45) is -4.57. The number of likely N-dealkylation sites (N-methyl/N-ethyl adjacent to an activating group) is 1. The largest absolute Gasteiger partial charge is 0.417 e. The molecule has 2 aliphatic rings. The molecule has 1 aromatic carbocycles. The van der Waals surface area contributed by atoms with Crippen molar-refractivity contribution < 1.29 is 31.5 Å². The van der Waals surface area contributed by atoms with Crippen LogP contribution in [0.5, 0.6) is 0 Å². The fourth-order valence-corrected chi connectivity index (χ4v) is 6.25. The van der Waals surface area contributed by atoms with Gasteiger partial charge in [0.15, 0.2) is 10.9 Å². The van der Waals surface area contributed by atoms with Gasteiger partial charge >= 0.3 is 6.18 Å². The second-order valence-electron chi connectivity index (χ2n) is 11.0. The molecule has 0 bridgehead atoms. The minimum atomic E-state index is -5.03. The minimum Gasteiger partial charge on any atom is -0.372 e. The Morgan fingerprint density at radius 3 is 2.44 bits per heavy atom. The molecule has 2 N–H and O–H groups in total. The van der Waals surface area contributed by atoms with Gasteiger partial charge in [-0.1, -0.05) is 0 Å². The summed E-state index contributed by atoms with van der Waals surface area (Å²) in [5.74, 6) is -3.43. The van der Waals surface area contributed by atoms with Crippen molar-refractivity contribution in [1.82, 2.24) is 14.9 Å². The number of hydrogen-bond donors (Lipinski definition) is 2. The molecule has 0 aliphatic carbocycles. The summed E-state index contributed by atoms with van der Waals surface area (Å²) >= 11 is 1.19. The van der Waals surface area contributed by atoms with Crippen LogP contribution in [0.15, 0.2) is 28.5 Å². The molecule has 232 valence electrons. The van der Waals surface area contributed by atoms with E-state index < -0.39 is 51.7 Å². The van der Waals surface area contributed by atoms with Crippen LogP contribution in [0.4, 0.5) is 38.5 Å². The van der Waals surface area contributed by atoms with Crippen molar-refractivity contribution in [1.29, 1.82) is 0 Å². The van der Waals surface area contributed by atoms with E-state index in [0.29, 0.717) is 44.1 Å². The molecule has 15 heteroatoms. The second-order valence-corrected chi connectivity index (χ2v) is 11.8. The number of anilines is 3. The third-order valence-corrected chi connectivity index (χ3v) is 8.55. The van der Waals surface area contributed by atoms with Crippen LogP contribution in [0.25, 0.3) is 11.3 Å². The monoisotopic (exact) mass is 626 g/mol. The fourth-order valence-electron chi connectivity index (χ4n) is 5.41. The maximum absolute atomic E-state index is 16.4. The third-order valence-electron chi connectivity index (χ3n) is 7.65. The van der Waals surface area contributed by atoms with Crippen molar-refractivity contribution in [2.75, 3.05) is 54.9 Å². The Morgan fingerprint density at radius 2 is 1.79 bits per heavy atom. The van der Waals surface area contributed by atoms with Gasteiger partial charge in [-0.25, -0.2) is 13.8 Å². The van der Waals surface area contributed by atoms with Gasteiger partial charge in [0, 0.05) is 62.5 Å². The number of benzene rings is 1. The Kier molecular flexibility index (Phi) is 8.51. The first-order valence-electron chi connectivity index (χ1n) is 13.7. The Labute approximate surface area is 248 Å². The first-order valence-corrected chi connectivity index (χ1v) is 14.6. The molecule has 43 heavy (non-hydrogen) atoms. The van der Waals surface area contributed by atoms with Gasteiger partial charge < -0.3 is 29.7 Å². The Bertz CT molecular complexity index is 1570. The summed E-state index contributed by atoms with van der Waals surface area (Å²) in [6, 6.07) is 1.31. The lowest BCUT2D eigenvalue weighted by Gasteiger charge is -2.39. The van der Waals surface area contributed by atoms with Crippen LogP contribution in [-0.4, -0.2) is 78.8 Å². The summed E-state index contributed by atoms with van der Waals surface area (Å²) in [5.41, 5.74) is -4.50. The highest BCUT2D eigenvalue weighted by atomic mass is 32.1. The summed E-state index contributed by atoms with van der Waals surface area (Å²) in [6.45, 7) is 8.05. The zero-order valence-corrected chi connectivity index (χ0v) is 24.7. The van der Waals surface area contributed by atoms with E-state index in [0.717, 1.165) is 6.07 Å². The van der Waals surface area contributed by atoms with Gasteiger partial charge in [-0.15, -0.1) is 11.3 Å². The number of carbonyl (C=O) groups is 1. The number of halogens is 5. The van der Waals surface area contributed by atoms with Gasteiger partial charge in [0.05, 0.1) is 40.3 Å². The number of aromatic nitrogens is 2. The lowest BCUT2D eigenvalue weighted by molar-refractivity contribution is -0.138. The second kappa shape index (κ2) is 11.8. The third kappa shape index (κ3) is 6.38. The highest BCUT2D eigenvalue weighted by Gasteiger charge is 2.37. The highest BCUT2D eigenvalue weighted by molar-refractivity contribution is 7.14. The zero-order chi connectivity index (χ0) is 31.2. The molecule has 2 aliphatic heterocycles. The van der Waals surface area contributed by atoms with Crippen LogP contribution in [0.2, 0.25) is 0 Å². The van der Waals surface area contributed by atoms with E-state index in [-0.39, 0.29) is 35.7 Å². The number of rotatable bonds is 5. The number of H-pyrrole nitrogens is 1. The van der Waals surface area contributed by atoms with E-state index in [9.17, 15) is 22.8 Å². The molecule has 0 spiro atoms. The van der Waals surface area contributed by atoms with Gasteiger partial charge in [0.25, 0.3) is 5.91 Å². The van der Waals surface area contributed by atoms with E-state index in [2.05, 4.69) is 20.2 Å². The number of carbonyl (C=O) groups excluding carboxylic acids is 1. The predicted octanol–water partition coefficient (Wildman–Crippen LogP) is 4.80. The van der Waals surface area contributed by atoms with Crippen molar-refractivity contribution in [2.45, 2.75) is 45.2 Å². The molecule has 4 heterocycles. The van der Waals surface area contributed by atoms with Crippen molar-refractivity contribution in [3.63, 3.8) is 0 Å². The summed E-state index contributed by atoms with van der Waals surface area (Å²) in [4.78, 5) is 37.1. The zero-order valence-electron chi connectivity index (χ0n) is 23.9. The van der Waals surface area contributed by atoms with Gasteiger partial charge in [0.1, 0.15) is 11.5 Å². The lowest BCUT2D eigenvalue weighted by Crippen LogP contribution is -2.50. The van der Waals surface area contributed by atoms with Gasteiger partial charge in [-0.05, 0) is 27.8 Å². The quantitative estimate of drug-likeness (QED) is 0.393. The average Bonchev–Trinajstić information content (AvgIpc) is 3.40. The van der Waals surface area contributed by atoms with Crippen LogP contribution in [0.1, 0.15) is 36.7 Å². The van der Waals surface area contributed by atoms with Crippen molar-refractivity contribution >= 4 is 33.8 Å². The molecule has 2 saturated heterocycles. The highest BCUT2D eigenvalue weighted by Crippen LogP contribution is 2.41. The normalized spacial score (nSPS) is 21.7. The van der Waals surface area contributed by atoms with Crippen LogP contribution in [0.3, 0.4) is 0 Å². The number of nitrogens with one attached hydrogen (secondary N) is 2. The minimum absolute atomic E-state index is 0.0152. The molecular formula is C28H31F5N6O3S. The van der Waals surface area contributed by atoms with Crippen LogP contribution < -0.4 is 20.7 Å². The van der Waals surface area contributed by atoms with E-state index >= 15 is 8.78 Å².